The molecule has 2 rings (SSSR count). The molecule has 0 atom stereocenters. The predicted octanol–water partition coefficient (Wildman–Crippen LogP) is 2.20. The first kappa shape index (κ1) is 11.7. The molecular weight excluding hydrogens is 212 g/mol. The Balaban J connectivity index is 0.000000531. The van der Waals surface area contributed by atoms with Crippen molar-refractivity contribution in [3.8, 4) is 0 Å². The molecule has 0 saturated heterocycles. The van der Waals surface area contributed by atoms with Crippen LogP contribution in [0.2, 0.25) is 0 Å². The van der Waals surface area contributed by atoms with Crippen molar-refractivity contribution in [3.63, 3.8) is 0 Å². The Kier molecular flexibility index (Phi) is 3.09. The lowest BCUT2D eigenvalue weighted by molar-refractivity contribution is 0.104. The van der Waals surface area contributed by atoms with Crippen LogP contribution in [-0.2, 0) is 9.84 Å². The zero-order valence-corrected chi connectivity index (χ0v) is 9.47. The number of allylic oxidation sites excluding steroid dienone is 1. The van der Waals surface area contributed by atoms with Gasteiger partial charge in [0.25, 0.3) is 0 Å². The highest BCUT2D eigenvalue weighted by Gasteiger charge is 2.36. The van der Waals surface area contributed by atoms with E-state index in [1.165, 1.54) is 12.1 Å². The minimum absolute atomic E-state index is 0.0741. The zero-order valence-electron chi connectivity index (χ0n) is 8.65. The van der Waals surface area contributed by atoms with Gasteiger partial charge in [-0.2, -0.15) is 0 Å². The van der Waals surface area contributed by atoms with Gasteiger partial charge in [-0.3, -0.25) is 4.79 Å². The summed E-state index contributed by atoms with van der Waals surface area (Å²) in [6, 6.07) is 6.13. The van der Waals surface area contributed by atoms with Gasteiger partial charge in [-0.1, -0.05) is 32.6 Å². The van der Waals surface area contributed by atoms with E-state index in [4.69, 9.17) is 0 Å². The highest BCUT2D eigenvalue weighted by atomic mass is 32.2. The number of fused-ring (bicyclic) bond motifs is 1. The maximum atomic E-state index is 11.5. The number of carbonyl (C=O) groups is 1. The van der Waals surface area contributed by atoms with Gasteiger partial charge in [0.05, 0.1) is 4.90 Å². The summed E-state index contributed by atoms with van der Waals surface area (Å²) in [5.41, 5.74) is 0.229. The summed E-state index contributed by atoms with van der Waals surface area (Å²) in [5.74, 6) is -0.490. The summed E-state index contributed by atoms with van der Waals surface area (Å²) in [6.07, 6.45) is 0. The smallest absolute Gasteiger partial charge is 0.210 e. The lowest BCUT2D eigenvalue weighted by Crippen LogP contribution is -1.99. The van der Waals surface area contributed by atoms with Gasteiger partial charge in [-0.15, -0.1) is 0 Å². The van der Waals surface area contributed by atoms with Gasteiger partial charge in [-0.25, -0.2) is 8.42 Å². The fourth-order valence-electron chi connectivity index (χ4n) is 1.29. The van der Waals surface area contributed by atoms with Gasteiger partial charge < -0.3 is 0 Å². The number of sulfone groups is 1. The van der Waals surface area contributed by atoms with Crippen molar-refractivity contribution in [1.82, 2.24) is 0 Å². The Hall–Kier alpha value is -1.42. The molecule has 80 valence electrons. The van der Waals surface area contributed by atoms with Crippen LogP contribution in [0, 0.1) is 0 Å². The third-order valence-electron chi connectivity index (χ3n) is 2.00. The summed E-state index contributed by atoms with van der Waals surface area (Å²) < 4.78 is 22.9. The minimum Gasteiger partial charge on any atom is -0.288 e. The third-order valence-corrected chi connectivity index (χ3v) is 3.77. The Morgan fingerprint density at radius 2 is 1.67 bits per heavy atom. The Morgan fingerprint density at radius 1 is 1.13 bits per heavy atom. The quantitative estimate of drug-likeness (QED) is 0.635. The van der Waals surface area contributed by atoms with E-state index in [0.29, 0.717) is 0 Å². The first-order chi connectivity index (χ1) is 7.05. The summed E-state index contributed by atoms with van der Waals surface area (Å²) in [4.78, 5) is 11.1. The van der Waals surface area contributed by atoms with E-state index in [-0.39, 0.29) is 15.4 Å². The summed E-state index contributed by atoms with van der Waals surface area (Å²) in [6.45, 7) is 7.27. The Morgan fingerprint density at radius 3 is 2.20 bits per heavy atom. The molecule has 0 saturated carbocycles. The zero-order chi connectivity index (χ0) is 11.6. The molecule has 0 spiro atoms. The number of rotatable bonds is 0. The van der Waals surface area contributed by atoms with Crippen LogP contribution in [0.3, 0.4) is 0 Å². The van der Waals surface area contributed by atoms with Gasteiger partial charge in [0.15, 0.2) is 0 Å². The molecule has 0 radical (unpaired) electrons. The van der Waals surface area contributed by atoms with Crippen molar-refractivity contribution in [1.29, 1.82) is 0 Å². The summed E-state index contributed by atoms with van der Waals surface area (Å²) in [5, 5.41) is 0. The number of benzene rings is 1. The maximum absolute atomic E-state index is 11.5. The van der Waals surface area contributed by atoms with Crippen LogP contribution < -0.4 is 0 Å². The number of hydrogen-bond acceptors (Lipinski definition) is 3. The average molecular weight is 224 g/mol. The van der Waals surface area contributed by atoms with Crippen molar-refractivity contribution in [2.24, 2.45) is 0 Å². The molecule has 1 heterocycles. The van der Waals surface area contributed by atoms with Crippen LogP contribution in [0.15, 0.2) is 40.6 Å². The molecule has 0 fully saturated rings. The van der Waals surface area contributed by atoms with E-state index in [9.17, 15) is 13.2 Å². The number of hydrogen-bond donors (Lipinski definition) is 0. The van der Waals surface area contributed by atoms with Crippen molar-refractivity contribution in [3.05, 3.63) is 41.3 Å². The van der Waals surface area contributed by atoms with Crippen molar-refractivity contribution in [2.45, 2.75) is 18.7 Å². The third kappa shape index (κ3) is 1.61. The van der Waals surface area contributed by atoms with E-state index in [1.807, 2.05) is 13.8 Å². The predicted molar refractivity (Wildman–Crippen MR) is 58.4 cm³/mol. The fraction of sp³-hybridized carbons (Fsp3) is 0.182. The number of ketones is 1. The van der Waals surface area contributed by atoms with Crippen LogP contribution in [0.1, 0.15) is 24.2 Å². The lowest BCUT2D eigenvalue weighted by atomic mass is 10.1. The molecule has 1 aromatic carbocycles. The monoisotopic (exact) mass is 224 g/mol. The van der Waals surface area contributed by atoms with Crippen LogP contribution in [-0.4, -0.2) is 14.2 Å². The topological polar surface area (TPSA) is 51.2 Å². The Bertz CT molecular complexity index is 512. The van der Waals surface area contributed by atoms with Crippen LogP contribution >= 0.6 is 0 Å². The highest BCUT2D eigenvalue weighted by Crippen LogP contribution is 2.32. The fourth-order valence-corrected chi connectivity index (χ4v) is 2.62. The second-order valence-electron chi connectivity index (χ2n) is 2.75. The second kappa shape index (κ2) is 3.98. The molecule has 1 aliphatic heterocycles. The van der Waals surface area contributed by atoms with Crippen molar-refractivity contribution >= 4 is 15.6 Å². The van der Waals surface area contributed by atoms with E-state index in [2.05, 4.69) is 6.58 Å². The molecule has 0 amide bonds. The average Bonchev–Trinajstić information content (AvgIpc) is 2.45. The molecule has 1 aromatic rings. The first-order valence-electron chi connectivity index (χ1n) is 4.63. The van der Waals surface area contributed by atoms with Crippen LogP contribution in [0.4, 0.5) is 0 Å². The number of carbonyl (C=O) groups excluding carboxylic acids is 1. The molecule has 0 bridgehead atoms. The van der Waals surface area contributed by atoms with Gasteiger partial charge in [-0.05, 0) is 12.1 Å². The van der Waals surface area contributed by atoms with E-state index in [1.54, 1.807) is 12.1 Å². The van der Waals surface area contributed by atoms with Gasteiger partial charge in [0.2, 0.25) is 15.6 Å². The molecule has 15 heavy (non-hydrogen) atoms. The molecule has 0 unspecified atom stereocenters. The van der Waals surface area contributed by atoms with Gasteiger partial charge in [0.1, 0.15) is 4.91 Å². The Labute approximate surface area is 89.4 Å². The SMILES string of the molecule is C=C1C(=O)c2ccccc2S1(=O)=O.CC. The van der Waals surface area contributed by atoms with Gasteiger partial charge >= 0.3 is 0 Å². The van der Waals surface area contributed by atoms with E-state index in [0.717, 1.165) is 0 Å². The second-order valence-corrected chi connectivity index (χ2v) is 4.69. The standard InChI is InChI=1S/C9H6O3S.C2H6/c1-6-9(10)7-4-2-3-5-8(7)13(6,11)12;1-2/h2-5H,1H2;1-2H3. The number of Topliss-reactive ketones (excluding diaryl/α,β-unsaturated/α-hetero) is 1. The molecule has 0 aliphatic carbocycles. The van der Waals surface area contributed by atoms with Crippen molar-refractivity contribution < 1.29 is 13.2 Å². The van der Waals surface area contributed by atoms with Gasteiger partial charge in [0, 0.05) is 5.56 Å². The molecule has 0 N–H and O–H groups in total. The molecule has 4 heteroatoms. The van der Waals surface area contributed by atoms with E-state index < -0.39 is 15.6 Å². The van der Waals surface area contributed by atoms with Crippen molar-refractivity contribution in [2.75, 3.05) is 0 Å². The molecule has 0 aromatic heterocycles. The highest BCUT2D eigenvalue weighted by molar-refractivity contribution is 7.97. The first-order valence-corrected chi connectivity index (χ1v) is 6.11. The maximum Gasteiger partial charge on any atom is 0.210 e. The normalized spacial score (nSPS) is 16.7. The van der Waals surface area contributed by atoms with Crippen LogP contribution in [0.25, 0.3) is 0 Å². The summed E-state index contributed by atoms with van der Waals surface area (Å²) >= 11 is 0. The summed E-state index contributed by atoms with van der Waals surface area (Å²) in [7, 11) is -3.58. The van der Waals surface area contributed by atoms with E-state index >= 15 is 0 Å². The minimum atomic E-state index is -3.58. The molecule has 3 nitrogen and oxygen atoms in total. The lowest BCUT2D eigenvalue weighted by Gasteiger charge is -1.92. The largest absolute Gasteiger partial charge is 0.288 e. The van der Waals surface area contributed by atoms with Crippen LogP contribution in [0.5, 0.6) is 0 Å². The molecular formula is C11H12O3S. The molecule has 1 aliphatic rings.